The molecule has 0 radical (unpaired) electrons. The number of hydrogen-bond donors (Lipinski definition) is 0. The summed E-state index contributed by atoms with van der Waals surface area (Å²) in [6.07, 6.45) is 4.49. The summed E-state index contributed by atoms with van der Waals surface area (Å²) >= 11 is 0. The molecule has 0 aromatic heterocycles. The monoisotopic (exact) mass is 184 g/mol. The highest BCUT2D eigenvalue weighted by Gasteiger charge is 2.39. The van der Waals surface area contributed by atoms with E-state index in [0.717, 1.165) is 19.3 Å². The molecule has 0 N–H and O–H groups in total. The number of ether oxygens (including phenoxy) is 1. The van der Waals surface area contributed by atoms with Gasteiger partial charge in [-0.3, -0.25) is 9.59 Å². The van der Waals surface area contributed by atoms with Crippen LogP contribution in [0.3, 0.4) is 0 Å². The van der Waals surface area contributed by atoms with Gasteiger partial charge >= 0.3 is 5.97 Å². The molecule has 1 aliphatic carbocycles. The molecule has 3 nitrogen and oxygen atoms in total. The van der Waals surface area contributed by atoms with Crippen molar-refractivity contribution >= 4 is 11.8 Å². The van der Waals surface area contributed by atoms with Crippen LogP contribution in [0, 0.1) is 0 Å². The van der Waals surface area contributed by atoms with E-state index in [2.05, 4.69) is 0 Å². The molecule has 1 fully saturated rings. The van der Waals surface area contributed by atoms with Crippen molar-refractivity contribution in [2.45, 2.75) is 51.6 Å². The number of carbonyl (C=O) groups excluding carboxylic acids is 2. The third kappa shape index (κ3) is 2.29. The van der Waals surface area contributed by atoms with Gasteiger partial charge in [-0.15, -0.1) is 0 Å². The molecule has 0 saturated heterocycles. The molecule has 0 bridgehead atoms. The van der Waals surface area contributed by atoms with Crippen LogP contribution in [0.25, 0.3) is 0 Å². The maximum atomic E-state index is 11.4. The van der Waals surface area contributed by atoms with Crippen molar-refractivity contribution < 1.29 is 14.3 Å². The number of carbonyl (C=O) groups is 2. The number of Topliss-reactive ketones (excluding diaryl/α,β-unsaturated/α-hetero) is 1. The minimum absolute atomic E-state index is 0.0117. The Morgan fingerprint density at radius 1 is 1.08 bits per heavy atom. The number of rotatable bonds is 2. The molecular formula is C10H16O3. The van der Waals surface area contributed by atoms with Crippen molar-refractivity contribution in [1.82, 2.24) is 0 Å². The van der Waals surface area contributed by atoms with E-state index < -0.39 is 5.60 Å². The molecule has 0 amide bonds. The minimum atomic E-state index is -0.788. The highest BCUT2D eigenvalue weighted by atomic mass is 16.6. The van der Waals surface area contributed by atoms with E-state index in [1.165, 1.54) is 13.8 Å². The van der Waals surface area contributed by atoms with Gasteiger partial charge in [0.05, 0.1) is 0 Å². The van der Waals surface area contributed by atoms with Crippen LogP contribution in [0.15, 0.2) is 0 Å². The first-order valence-corrected chi connectivity index (χ1v) is 4.77. The lowest BCUT2D eigenvalue weighted by Crippen LogP contribution is -2.43. The Hall–Kier alpha value is -0.860. The maximum absolute atomic E-state index is 11.4. The number of hydrogen-bond acceptors (Lipinski definition) is 3. The minimum Gasteiger partial charge on any atom is -0.451 e. The van der Waals surface area contributed by atoms with Crippen molar-refractivity contribution in [3.63, 3.8) is 0 Å². The average Bonchev–Trinajstić information content (AvgIpc) is 2.04. The van der Waals surface area contributed by atoms with Gasteiger partial charge in [-0.1, -0.05) is 6.42 Å². The van der Waals surface area contributed by atoms with Crippen molar-refractivity contribution in [2.24, 2.45) is 0 Å². The Morgan fingerprint density at radius 2 is 1.62 bits per heavy atom. The third-order valence-corrected chi connectivity index (χ3v) is 2.64. The first-order chi connectivity index (χ1) is 6.07. The standard InChI is InChI=1S/C10H16O3/c1-8(11)10(13-9(2)12)6-4-3-5-7-10/h3-7H2,1-2H3. The topological polar surface area (TPSA) is 43.4 Å². The van der Waals surface area contributed by atoms with Crippen LogP contribution in [-0.4, -0.2) is 17.4 Å². The molecule has 0 spiro atoms. The molecule has 74 valence electrons. The zero-order valence-electron chi connectivity index (χ0n) is 8.26. The summed E-state index contributed by atoms with van der Waals surface area (Å²) in [5.74, 6) is -0.362. The second-order valence-corrected chi connectivity index (χ2v) is 3.70. The molecule has 1 rings (SSSR count). The summed E-state index contributed by atoms with van der Waals surface area (Å²) in [5, 5.41) is 0. The predicted molar refractivity (Wildman–Crippen MR) is 48.3 cm³/mol. The summed E-state index contributed by atoms with van der Waals surface area (Å²) in [5.41, 5.74) is -0.788. The Morgan fingerprint density at radius 3 is 2.00 bits per heavy atom. The van der Waals surface area contributed by atoms with Crippen molar-refractivity contribution in [2.75, 3.05) is 0 Å². The first kappa shape index (κ1) is 10.2. The summed E-state index contributed by atoms with van der Waals surface area (Å²) in [7, 11) is 0. The van der Waals surface area contributed by atoms with Crippen molar-refractivity contribution in [1.29, 1.82) is 0 Å². The van der Waals surface area contributed by atoms with Crippen molar-refractivity contribution in [3.05, 3.63) is 0 Å². The molecule has 0 unspecified atom stereocenters. The molecule has 0 aromatic carbocycles. The molecular weight excluding hydrogens is 168 g/mol. The van der Waals surface area contributed by atoms with E-state index in [0.29, 0.717) is 12.8 Å². The van der Waals surface area contributed by atoms with E-state index in [1.54, 1.807) is 0 Å². The predicted octanol–water partition coefficient (Wildman–Crippen LogP) is 1.84. The summed E-state index contributed by atoms with van der Waals surface area (Å²) in [6, 6.07) is 0. The van der Waals surface area contributed by atoms with Crippen LogP contribution in [0.5, 0.6) is 0 Å². The quantitative estimate of drug-likeness (QED) is 0.615. The van der Waals surface area contributed by atoms with Gasteiger partial charge in [0.2, 0.25) is 0 Å². The van der Waals surface area contributed by atoms with E-state index in [1.807, 2.05) is 0 Å². The van der Waals surface area contributed by atoms with E-state index >= 15 is 0 Å². The van der Waals surface area contributed by atoms with Gasteiger partial charge in [0.25, 0.3) is 0 Å². The van der Waals surface area contributed by atoms with E-state index in [-0.39, 0.29) is 11.8 Å². The summed E-state index contributed by atoms with van der Waals surface area (Å²) in [6.45, 7) is 2.87. The summed E-state index contributed by atoms with van der Waals surface area (Å²) < 4.78 is 5.15. The molecule has 1 saturated carbocycles. The van der Waals surface area contributed by atoms with Crippen LogP contribution in [-0.2, 0) is 14.3 Å². The van der Waals surface area contributed by atoms with E-state index in [4.69, 9.17) is 4.74 Å². The molecule has 13 heavy (non-hydrogen) atoms. The molecule has 0 atom stereocenters. The molecule has 1 aliphatic rings. The highest BCUT2D eigenvalue weighted by molar-refractivity contribution is 5.87. The van der Waals surface area contributed by atoms with Gasteiger partial charge in [-0.2, -0.15) is 0 Å². The largest absolute Gasteiger partial charge is 0.451 e. The fourth-order valence-electron chi connectivity index (χ4n) is 1.92. The van der Waals surface area contributed by atoms with Gasteiger partial charge in [-0.05, 0) is 32.6 Å². The van der Waals surface area contributed by atoms with Crippen LogP contribution in [0.4, 0.5) is 0 Å². The smallest absolute Gasteiger partial charge is 0.303 e. The van der Waals surface area contributed by atoms with Gasteiger partial charge in [-0.25, -0.2) is 0 Å². The Labute approximate surface area is 78.5 Å². The first-order valence-electron chi connectivity index (χ1n) is 4.77. The molecule has 3 heteroatoms. The zero-order valence-corrected chi connectivity index (χ0v) is 8.26. The fraction of sp³-hybridized carbons (Fsp3) is 0.800. The lowest BCUT2D eigenvalue weighted by Gasteiger charge is -2.33. The third-order valence-electron chi connectivity index (χ3n) is 2.64. The summed E-state index contributed by atoms with van der Waals surface area (Å²) in [4.78, 5) is 22.2. The van der Waals surface area contributed by atoms with Gasteiger partial charge < -0.3 is 4.74 Å². The lowest BCUT2D eigenvalue weighted by molar-refractivity contribution is -0.168. The second-order valence-electron chi connectivity index (χ2n) is 3.70. The molecule has 0 aromatic rings. The Balaban J connectivity index is 2.73. The zero-order chi connectivity index (χ0) is 9.90. The number of ketones is 1. The molecule has 0 heterocycles. The van der Waals surface area contributed by atoms with Crippen molar-refractivity contribution in [3.8, 4) is 0 Å². The fourth-order valence-corrected chi connectivity index (χ4v) is 1.92. The van der Waals surface area contributed by atoms with Crippen LogP contribution in [0.1, 0.15) is 46.0 Å². The Kier molecular flexibility index (Phi) is 3.07. The highest BCUT2D eigenvalue weighted by Crippen LogP contribution is 2.32. The second kappa shape index (κ2) is 3.90. The van der Waals surface area contributed by atoms with Crippen LogP contribution in [0.2, 0.25) is 0 Å². The maximum Gasteiger partial charge on any atom is 0.303 e. The van der Waals surface area contributed by atoms with Gasteiger partial charge in [0.15, 0.2) is 11.4 Å². The van der Waals surface area contributed by atoms with Gasteiger partial charge in [0.1, 0.15) is 0 Å². The average molecular weight is 184 g/mol. The number of esters is 1. The SMILES string of the molecule is CC(=O)OC1(C(C)=O)CCCCC1. The Bertz CT molecular complexity index is 214. The normalized spacial score (nSPS) is 20.8. The van der Waals surface area contributed by atoms with Gasteiger partial charge in [0, 0.05) is 6.92 Å². The van der Waals surface area contributed by atoms with Crippen LogP contribution >= 0.6 is 0 Å². The molecule has 0 aliphatic heterocycles. The lowest BCUT2D eigenvalue weighted by atomic mass is 9.82. The van der Waals surface area contributed by atoms with E-state index in [9.17, 15) is 9.59 Å². The van der Waals surface area contributed by atoms with Crippen LogP contribution < -0.4 is 0 Å².